The number of nitriles is 1. The summed E-state index contributed by atoms with van der Waals surface area (Å²) < 4.78 is 0. The molecule has 1 aromatic heterocycles. The average molecular weight is 325 g/mol. The van der Waals surface area contributed by atoms with Crippen molar-refractivity contribution in [1.29, 1.82) is 5.26 Å². The maximum Gasteiger partial charge on any atom is 0.236 e. The number of hydrogen-bond acceptors (Lipinski definition) is 4. The molecule has 0 N–H and O–H groups in total. The highest BCUT2D eigenvalue weighted by atomic mass is 32.1. The number of benzene rings is 1. The predicted octanol–water partition coefficient (Wildman–Crippen LogP) is 2.64. The number of carbonyl (C=O) groups is 1. The van der Waals surface area contributed by atoms with Gasteiger partial charge in [0.15, 0.2) is 0 Å². The quantitative estimate of drug-likeness (QED) is 0.868. The molecule has 1 aliphatic rings. The number of thiophene rings is 1. The van der Waals surface area contributed by atoms with Crippen molar-refractivity contribution in [2.75, 3.05) is 20.1 Å². The van der Waals surface area contributed by atoms with E-state index < -0.39 is 0 Å². The van der Waals surface area contributed by atoms with Crippen LogP contribution < -0.4 is 0 Å². The van der Waals surface area contributed by atoms with E-state index in [9.17, 15) is 4.79 Å². The lowest BCUT2D eigenvalue weighted by Gasteiger charge is -2.28. The van der Waals surface area contributed by atoms with Crippen LogP contribution in [0.25, 0.3) is 0 Å². The molecule has 1 aliphatic heterocycles. The summed E-state index contributed by atoms with van der Waals surface area (Å²) in [4.78, 5) is 17.8. The van der Waals surface area contributed by atoms with E-state index in [0.29, 0.717) is 18.7 Å². The first-order valence-corrected chi connectivity index (χ1v) is 8.54. The Hall–Kier alpha value is -2.16. The van der Waals surface area contributed by atoms with Crippen LogP contribution in [0.3, 0.4) is 0 Å². The first-order valence-electron chi connectivity index (χ1n) is 7.66. The molecule has 1 amide bonds. The molecular weight excluding hydrogens is 306 g/mol. The van der Waals surface area contributed by atoms with Crippen molar-refractivity contribution in [3.05, 3.63) is 57.3 Å². The fraction of sp³-hybridized carbons (Fsp3) is 0.333. The molecule has 2 aromatic rings. The minimum Gasteiger partial charge on any atom is -0.340 e. The van der Waals surface area contributed by atoms with Gasteiger partial charge in [-0.3, -0.25) is 9.69 Å². The van der Waals surface area contributed by atoms with Gasteiger partial charge >= 0.3 is 0 Å². The third-order valence-electron chi connectivity index (χ3n) is 4.15. The molecule has 0 bridgehead atoms. The Balaban J connectivity index is 1.57. The van der Waals surface area contributed by atoms with Crippen LogP contribution in [-0.4, -0.2) is 35.8 Å². The van der Waals surface area contributed by atoms with Crippen LogP contribution in [0.1, 0.15) is 21.6 Å². The Bertz CT molecular complexity index is 747. The van der Waals surface area contributed by atoms with Crippen molar-refractivity contribution in [2.45, 2.75) is 19.5 Å². The third-order valence-corrected chi connectivity index (χ3v) is 5.17. The van der Waals surface area contributed by atoms with Crippen LogP contribution >= 0.6 is 11.3 Å². The predicted molar refractivity (Wildman–Crippen MR) is 90.9 cm³/mol. The van der Waals surface area contributed by atoms with E-state index in [1.807, 2.05) is 36.6 Å². The molecule has 0 saturated heterocycles. The Labute approximate surface area is 140 Å². The summed E-state index contributed by atoms with van der Waals surface area (Å²) >= 11 is 1.81. The van der Waals surface area contributed by atoms with Crippen LogP contribution in [0, 0.1) is 11.3 Å². The zero-order chi connectivity index (χ0) is 16.2. The standard InChI is InChI=1S/C18H19N3OS/c1-20(11-15-4-2-3-14(9-15)10-19)18(22)13-21-7-5-17-16(12-21)6-8-23-17/h2-4,6,8-9H,5,7,11-13H2,1H3. The van der Waals surface area contributed by atoms with Gasteiger partial charge in [-0.2, -0.15) is 5.26 Å². The monoisotopic (exact) mass is 325 g/mol. The van der Waals surface area contributed by atoms with E-state index in [1.165, 1.54) is 10.4 Å². The highest BCUT2D eigenvalue weighted by molar-refractivity contribution is 7.10. The van der Waals surface area contributed by atoms with E-state index in [1.54, 1.807) is 11.0 Å². The minimum atomic E-state index is 0.117. The number of nitrogens with zero attached hydrogens (tertiary/aromatic N) is 3. The maximum absolute atomic E-state index is 12.4. The van der Waals surface area contributed by atoms with Gasteiger partial charge in [-0.15, -0.1) is 11.3 Å². The summed E-state index contributed by atoms with van der Waals surface area (Å²) in [5.74, 6) is 0.117. The number of hydrogen-bond donors (Lipinski definition) is 0. The second kappa shape index (κ2) is 6.95. The molecule has 1 aromatic carbocycles. The second-order valence-electron chi connectivity index (χ2n) is 5.89. The lowest BCUT2D eigenvalue weighted by Crippen LogP contribution is -2.40. The SMILES string of the molecule is CN(Cc1cccc(C#N)c1)C(=O)CN1CCc2sccc2C1. The van der Waals surface area contributed by atoms with Crippen molar-refractivity contribution in [3.63, 3.8) is 0 Å². The number of rotatable bonds is 4. The van der Waals surface area contributed by atoms with Gasteiger partial charge in [0.2, 0.25) is 5.91 Å². The Morgan fingerprint density at radius 3 is 3.13 bits per heavy atom. The fourth-order valence-electron chi connectivity index (χ4n) is 2.86. The molecule has 0 saturated carbocycles. The minimum absolute atomic E-state index is 0.117. The highest BCUT2D eigenvalue weighted by Gasteiger charge is 2.20. The topological polar surface area (TPSA) is 47.3 Å². The van der Waals surface area contributed by atoms with Gasteiger partial charge in [-0.25, -0.2) is 0 Å². The molecule has 118 valence electrons. The van der Waals surface area contributed by atoms with Gasteiger partial charge in [0.1, 0.15) is 0 Å². The van der Waals surface area contributed by atoms with E-state index in [2.05, 4.69) is 22.4 Å². The summed E-state index contributed by atoms with van der Waals surface area (Å²) in [5, 5.41) is 11.1. The Morgan fingerprint density at radius 1 is 1.43 bits per heavy atom. The van der Waals surface area contributed by atoms with Gasteiger partial charge in [-0.05, 0) is 41.1 Å². The van der Waals surface area contributed by atoms with Crippen molar-refractivity contribution >= 4 is 17.2 Å². The molecule has 0 unspecified atom stereocenters. The number of likely N-dealkylation sites (N-methyl/N-ethyl adjacent to an activating group) is 1. The zero-order valence-corrected chi connectivity index (χ0v) is 14.0. The summed E-state index contributed by atoms with van der Waals surface area (Å²) in [6.45, 7) is 2.79. The third kappa shape index (κ3) is 3.79. The lowest BCUT2D eigenvalue weighted by molar-refractivity contribution is -0.131. The Kier molecular flexibility index (Phi) is 4.75. The lowest BCUT2D eigenvalue weighted by atomic mass is 10.1. The summed E-state index contributed by atoms with van der Waals surface area (Å²) in [5.41, 5.74) is 2.97. The van der Waals surface area contributed by atoms with Gasteiger partial charge in [0.05, 0.1) is 18.2 Å². The van der Waals surface area contributed by atoms with Gasteiger partial charge in [0.25, 0.3) is 0 Å². The molecule has 0 radical (unpaired) electrons. The molecule has 5 heteroatoms. The van der Waals surface area contributed by atoms with Crippen LogP contribution in [0.15, 0.2) is 35.7 Å². The van der Waals surface area contributed by atoms with E-state index in [-0.39, 0.29) is 5.91 Å². The summed E-state index contributed by atoms with van der Waals surface area (Å²) in [7, 11) is 1.82. The van der Waals surface area contributed by atoms with Crippen molar-refractivity contribution in [2.24, 2.45) is 0 Å². The molecular formula is C18H19N3OS. The summed E-state index contributed by atoms with van der Waals surface area (Å²) in [6, 6.07) is 11.7. The van der Waals surface area contributed by atoms with Gasteiger partial charge in [0, 0.05) is 31.6 Å². The van der Waals surface area contributed by atoms with Crippen LogP contribution in [0.2, 0.25) is 0 Å². The van der Waals surface area contributed by atoms with Crippen LogP contribution in [-0.2, 0) is 24.3 Å². The molecule has 0 atom stereocenters. The van der Waals surface area contributed by atoms with Crippen LogP contribution in [0.4, 0.5) is 0 Å². The number of carbonyl (C=O) groups excluding carboxylic acids is 1. The van der Waals surface area contributed by atoms with Gasteiger partial charge < -0.3 is 4.90 Å². The van der Waals surface area contributed by atoms with Crippen molar-refractivity contribution < 1.29 is 4.79 Å². The van der Waals surface area contributed by atoms with Gasteiger partial charge in [-0.1, -0.05) is 12.1 Å². The fourth-order valence-corrected chi connectivity index (χ4v) is 3.74. The number of amides is 1. The van der Waals surface area contributed by atoms with E-state index >= 15 is 0 Å². The zero-order valence-electron chi connectivity index (χ0n) is 13.2. The molecule has 23 heavy (non-hydrogen) atoms. The first-order chi connectivity index (χ1) is 11.2. The molecule has 4 nitrogen and oxygen atoms in total. The smallest absolute Gasteiger partial charge is 0.236 e. The Morgan fingerprint density at radius 2 is 2.30 bits per heavy atom. The summed E-state index contributed by atoms with van der Waals surface area (Å²) in [6.07, 6.45) is 1.04. The molecule has 0 spiro atoms. The highest BCUT2D eigenvalue weighted by Crippen LogP contribution is 2.23. The van der Waals surface area contributed by atoms with Crippen molar-refractivity contribution in [3.8, 4) is 6.07 Å². The largest absolute Gasteiger partial charge is 0.340 e. The average Bonchev–Trinajstić information content (AvgIpc) is 3.02. The molecule has 0 aliphatic carbocycles. The van der Waals surface area contributed by atoms with E-state index in [0.717, 1.165) is 25.1 Å². The van der Waals surface area contributed by atoms with Crippen molar-refractivity contribution in [1.82, 2.24) is 9.80 Å². The first kappa shape index (κ1) is 15.7. The maximum atomic E-state index is 12.4. The second-order valence-corrected chi connectivity index (χ2v) is 6.89. The van der Waals surface area contributed by atoms with Crippen LogP contribution in [0.5, 0.6) is 0 Å². The molecule has 0 fully saturated rings. The van der Waals surface area contributed by atoms with E-state index in [4.69, 9.17) is 5.26 Å². The molecule has 2 heterocycles. The molecule has 3 rings (SSSR count). The number of fused-ring (bicyclic) bond motifs is 1. The normalized spacial score (nSPS) is 14.1.